The number of hydrogen-bond donors (Lipinski definition) is 2. The fourth-order valence-corrected chi connectivity index (χ4v) is 5.62. The number of fused-ring (bicyclic) bond motifs is 2. The van der Waals surface area contributed by atoms with E-state index in [1.807, 2.05) is 19.1 Å². The third kappa shape index (κ3) is 3.78. The summed E-state index contributed by atoms with van der Waals surface area (Å²) >= 11 is 0. The fourth-order valence-electron chi connectivity index (χ4n) is 5.62. The Morgan fingerprint density at radius 3 is 2.84 bits per heavy atom. The van der Waals surface area contributed by atoms with E-state index in [0.29, 0.717) is 19.2 Å². The summed E-state index contributed by atoms with van der Waals surface area (Å²) in [5.74, 6) is 4.31. The molecule has 3 saturated carbocycles. The van der Waals surface area contributed by atoms with Gasteiger partial charge in [0.25, 0.3) is 0 Å². The highest BCUT2D eigenvalue weighted by Gasteiger charge is 2.49. The highest BCUT2D eigenvalue weighted by molar-refractivity contribution is 5.74. The van der Waals surface area contributed by atoms with Gasteiger partial charge in [-0.2, -0.15) is 0 Å². The second kappa shape index (κ2) is 7.27. The van der Waals surface area contributed by atoms with Crippen LogP contribution in [0, 0.1) is 23.7 Å². The second-order valence-electron chi connectivity index (χ2n) is 8.17. The van der Waals surface area contributed by atoms with Crippen LogP contribution in [0.4, 0.5) is 4.79 Å². The Hall–Kier alpha value is -1.71. The van der Waals surface area contributed by atoms with E-state index < -0.39 is 0 Å². The van der Waals surface area contributed by atoms with Crippen LogP contribution >= 0.6 is 0 Å². The normalized spacial score (nSPS) is 32.4. The molecule has 0 saturated heterocycles. The first-order valence-electron chi connectivity index (χ1n) is 9.97. The minimum absolute atomic E-state index is 0.00992. The zero-order valence-corrected chi connectivity index (χ0v) is 15.2. The number of urea groups is 1. The molecule has 0 heterocycles. The Morgan fingerprint density at radius 1 is 1.16 bits per heavy atom. The van der Waals surface area contributed by atoms with E-state index in [0.717, 1.165) is 35.8 Å². The molecule has 3 bridgehead atoms. The minimum atomic E-state index is 0.00992. The van der Waals surface area contributed by atoms with Crippen molar-refractivity contribution >= 4 is 6.03 Å². The average molecular weight is 342 g/mol. The Balaban J connectivity index is 1.24. The Bertz CT molecular complexity index is 616. The van der Waals surface area contributed by atoms with Crippen LogP contribution in [0.1, 0.15) is 44.6 Å². The molecular weight excluding hydrogens is 312 g/mol. The monoisotopic (exact) mass is 342 g/mol. The van der Waals surface area contributed by atoms with Crippen LogP contribution in [0.15, 0.2) is 24.3 Å². The van der Waals surface area contributed by atoms with Crippen LogP contribution in [0.2, 0.25) is 0 Å². The lowest BCUT2D eigenvalue weighted by Gasteiger charge is -2.39. The quantitative estimate of drug-likeness (QED) is 0.827. The molecule has 3 aliphatic rings. The van der Waals surface area contributed by atoms with Crippen molar-refractivity contribution in [3.05, 3.63) is 29.8 Å². The van der Waals surface area contributed by atoms with Gasteiger partial charge in [-0.25, -0.2) is 4.79 Å². The predicted molar refractivity (Wildman–Crippen MR) is 98.7 cm³/mol. The van der Waals surface area contributed by atoms with Gasteiger partial charge < -0.3 is 15.4 Å². The van der Waals surface area contributed by atoms with E-state index in [4.69, 9.17) is 4.74 Å². The van der Waals surface area contributed by atoms with Crippen LogP contribution in [0.5, 0.6) is 5.75 Å². The summed E-state index contributed by atoms with van der Waals surface area (Å²) in [5.41, 5.74) is 1.19. The van der Waals surface area contributed by atoms with Crippen molar-refractivity contribution in [2.75, 3.05) is 13.2 Å². The Morgan fingerprint density at radius 2 is 2.00 bits per heavy atom. The van der Waals surface area contributed by atoms with Crippen molar-refractivity contribution in [3.63, 3.8) is 0 Å². The summed E-state index contributed by atoms with van der Waals surface area (Å²) in [4.78, 5) is 12.3. The predicted octanol–water partition coefficient (Wildman–Crippen LogP) is 3.75. The summed E-state index contributed by atoms with van der Waals surface area (Å²) in [6.07, 6.45) is 7.60. The molecule has 2 amide bonds. The van der Waals surface area contributed by atoms with E-state index >= 15 is 0 Å². The summed E-state index contributed by atoms with van der Waals surface area (Å²) < 4.78 is 5.53. The number of benzene rings is 1. The maximum atomic E-state index is 12.3. The number of nitrogens with one attached hydrogen (secondary N) is 2. The molecule has 0 radical (unpaired) electrons. The number of rotatable bonds is 6. The van der Waals surface area contributed by atoms with Crippen LogP contribution in [-0.2, 0) is 6.42 Å². The molecule has 4 heteroatoms. The van der Waals surface area contributed by atoms with Crippen molar-refractivity contribution in [2.24, 2.45) is 23.7 Å². The zero-order valence-electron chi connectivity index (χ0n) is 15.2. The van der Waals surface area contributed by atoms with Crippen molar-refractivity contribution in [3.8, 4) is 5.75 Å². The molecule has 0 spiro atoms. The van der Waals surface area contributed by atoms with Gasteiger partial charge in [0.1, 0.15) is 5.75 Å². The lowest BCUT2D eigenvalue weighted by atomic mass is 9.70. The third-order valence-corrected chi connectivity index (χ3v) is 6.48. The van der Waals surface area contributed by atoms with Gasteiger partial charge in [-0.1, -0.05) is 12.1 Å². The second-order valence-corrected chi connectivity index (χ2v) is 8.17. The average Bonchev–Trinajstić information content (AvgIpc) is 2.82. The standard InChI is InChI=1S/C21H30N2O2/c1-2-25-18-5-3-4-14(11-18)6-7-22-21(24)23-20-13-16-8-15-9-17(10-16)19(20)12-15/h3-5,11,15-17,19-20H,2,6-10,12-13H2,1H3,(H2,22,23,24). The number of amides is 2. The number of hydrogen-bond acceptors (Lipinski definition) is 2. The van der Waals surface area contributed by atoms with E-state index in [2.05, 4.69) is 22.8 Å². The molecule has 4 rings (SSSR count). The van der Waals surface area contributed by atoms with Crippen molar-refractivity contribution in [2.45, 2.75) is 51.5 Å². The molecule has 1 aromatic rings. The maximum absolute atomic E-state index is 12.3. The molecule has 5 unspecified atom stereocenters. The van der Waals surface area contributed by atoms with Crippen molar-refractivity contribution in [1.29, 1.82) is 0 Å². The van der Waals surface area contributed by atoms with Gasteiger partial charge in [-0.3, -0.25) is 0 Å². The van der Waals surface area contributed by atoms with E-state index in [1.165, 1.54) is 37.7 Å². The molecule has 4 nitrogen and oxygen atoms in total. The van der Waals surface area contributed by atoms with Gasteiger partial charge in [0.05, 0.1) is 6.61 Å². The first-order chi connectivity index (χ1) is 12.2. The molecule has 1 aromatic carbocycles. The lowest BCUT2D eigenvalue weighted by molar-refractivity contribution is 0.139. The van der Waals surface area contributed by atoms with Crippen LogP contribution in [0.3, 0.4) is 0 Å². The molecule has 3 fully saturated rings. The van der Waals surface area contributed by atoms with Crippen LogP contribution < -0.4 is 15.4 Å². The largest absolute Gasteiger partial charge is 0.494 e. The van der Waals surface area contributed by atoms with Gasteiger partial charge in [0.15, 0.2) is 0 Å². The fraction of sp³-hybridized carbons (Fsp3) is 0.667. The minimum Gasteiger partial charge on any atom is -0.494 e. The van der Waals surface area contributed by atoms with Gasteiger partial charge in [0, 0.05) is 12.6 Å². The summed E-state index contributed by atoms with van der Waals surface area (Å²) in [6, 6.07) is 8.53. The maximum Gasteiger partial charge on any atom is 0.315 e. The van der Waals surface area contributed by atoms with Crippen molar-refractivity contribution in [1.82, 2.24) is 10.6 Å². The third-order valence-electron chi connectivity index (χ3n) is 6.48. The first-order valence-corrected chi connectivity index (χ1v) is 9.97. The molecule has 0 aromatic heterocycles. The van der Waals surface area contributed by atoms with E-state index in [1.54, 1.807) is 0 Å². The first kappa shape index (κ1) is 16.7. The van der Waals surface area contributed by atoms with Gasteiger partial charge in [0.2, 0.25) is 0 Å². The zero-order chi connectivity index (χ0) is 17.2. The smallest absolute Gasteiger partial charge is 0.315 e. The lowest BCUT2D eigenvalue weighted by Crippen LogP contribution is -2.49. The summed E-state index contributed by atoms with van der Waals surface area (Å²) in [5, 5.41) is 6.34. The van der Waals surface area contributed by atoms with Crippen molar-refractivity contribution < 1.29 is 9.53 Å². The molecular formula is C21H30N2O2. The molecule has 2 N–H and O–H groups in total. The molecule has 5 atom stereocenters. The topological polar surface area (TPSA) is 50.4 Å². The molecule has 136 valence electrons. The highest BCUT2D eigenvalue weighted by Crippen LogP contribution is 2.55. The van der Waals surface area contributed by atoms with Crippen LogP contribution in [0.25, 0.3) is 0 Å². The highest BCUT2D eigenvalue weighted by atomic mass is 16.5. The van der Waals surface area contributed by atoms with E-state index in [-0.39, 0.29) is 6.03 Å². The molecule has 0 aliphatic heterocycles. The van der Waals surface area contributed by atoms with Gasteiger partial charge >= 0.3 is 6.03 Å². The number of carbonyl (C=O) groups is 1. The molecule has 25 heavy (non-hydrogen) atoms. The van der Waals surface area contributed by atoms with E-state index in [9.17, 15) is 4.79 Å². The number of carbonyl (C=O) groups excluding carboxylic acids is 1. The van der Waals surface area contributed by atoms with Crippen LogP contribution in [-0.4, -0.2) is 25.2 Å². The molecule has 3 aliphatic carbocycles. The number of ether oxygens (including phenoxy) is 1. The van der Waals surface area contributed by atoms with Gasteiger partial charge in [-0.15, -0.1) is 0 Å². The SMILES string of the molecule is CCOc1cccc(CCNC(=O)NC2CC3CC4CC(C3)C2C4)c1. The summed E-state index contributed by atoms with van der Waals surface area (Å²) in [6.45, 7) is 3.33. The Labute approximate surface area is 150 Å². The van der Waals surface area contributed by atoms with Gasteiger partial charge in [-0.05, 0) is 86.8 Å². The Kier molecular flexibility index (Phi) is 4.87. The summed E-state index contributed by atoms with van der Waals surface area (Å²) in [7, 11) is 0.